The molecule has 0 amide bonds. The molecular formula is C14H23NO2. The van der Waals surface area contributed by atoms with Crippen LogP contribution in [0.25, 0.3) is 0 Å². The van der Waals surface area contributed by atoms with E-state index in [-0.39, 0.29) is 0 Å². The summed E-state index contributed by atoms with van der Waals surface area (Å²) in [5.41, 5.74) is -0.542. The van der Waals surface area contributed by atoms with Crippen molar-refractivity contribution in [1.82, 2.24) is 0 Å². The van der Waals surface area contributed by atoms with Crippen LogP contribution in [0.4, 0.5) is 0 Å². The van der Waals surface area contributed by atoms with E-state index >= 15 is 0 Å². The molecule has 0 bridgehead atoms. The molecule has 96 valence electrons. The van der Waals surface area contributed by atoms with E-state index in [0.29, 0.717) is 37.9 Å². The maximum Gasteiger partial charge on any atom is 0.0878 e. The Hall–Kier alpha value is -0.590. The Bertz CT molecular complexity index is 291. The van der Waals surface area contributed by atoms with Gasteiger partial charge in [-0.15, -0.1) is 0 Å². The maximum absolute atomic E-state index is 10.6. The lowest BCUT2D eigenvalue weighted by Gasteiger charge is -2.41. The van der Waals surface area contributed by atoms with Crippen molar-refractivity contribution >= 4 is 0 Å². The predicted octanol–water partition coefficient (Wildman–Crippen LogP) is 2.49. The molecule has 17 heavy (non-hydrogen) atoms. The number of hydrogen-bond donors (Lipinski definition) is 1. The summed E-state index contributed by atoms with van der Waals surface area (Å²) < 4.78 is 5.32. The van der Waals surface area contributed by atoms with Gasteiger partial charge < -0.3 is 9.84 Å². The van der Waals surface area contributed by atoms with E-state index in [2.05, 4.69) is 13.0 Å². The first kappa shape index (κ1) is 12.9. The molecule has 2 fully saturated rings. The molecule has 0 aromatic heterocycles. The number of aliphatic hydroxyl groups is 1. The molecule has 0 radical (unpaired) electrons. The van der Waals surface area contributed by atoms with Gasteiger partial charge in [-0.25, -0.2) is 0 Å². The van der Waals surface area contributed by atoms with Crippen LogP contribution in [0.5, 0.6) is 0 Å². The molecule has 3 unspecified atom stereocenters. The quantitative estimate of drug-likeness (QED) is 0.802. The fourth-order valence-electron chi connectivity index (χ4n) is 3.43. The van der Waals surface area contributed by atoms with Crippen LogP contribution in [0.3, 0.4) is 0 Å². The number of aliphatic hydroxyl groups excluding tert-OH is 1. The molecule has 3 atom stereocenters. The second-order valence-electron chi connectivity index (χ2n) is 5.86. The van der Waals surface area contributed by atoms with E-state index in [0.717, 1.165) is 12.8 Å². The first-order valence-corrected chi connectivity index (χ1v) is 6.85. The Balaban J connectivity index is 2.06. The average molecular weight is 237 g/mol. The van der Waals surface area contributed by atoms with Crippen LogP contribution < -0.4 is 0 Å². The topological polar surface area (TPSA) is 53.2 Å². The highest BCUT2D eigenvalue weighted by atomic mass is 16.5. The lowest BCUT2D eigenvalue weighted by atomic mass is 9.67. The van der Waals surface area contributed by atoms with Gasteiger partial charge in [-0.3, -0.25) is 0 Å². The van der Waals surface area contributed by atoms with Crippen LogP contribution in [0, 0.1) is 28.6 Å². The summed E-state index contributed by atoms with van der Waals surface area (Å²) in [5.74, 6) is 1.01. The minimum Gasteiger partial charge on any atom is -0.391 e. The Labute approximate surface area is 104 Å². The first-order valence-electron chi connectivity index (χ1n) is 6.85. The van der Waals surface area contributed by atoms with Gasteiger partial charge in [0.15, 0.2) is 0 Å². The molecule has 3 nitrogen and oxygen atoms in total. The zero-order chi connectivity index (χ0) is 12.3. The lowest BCUT2D eigenvalue weighted by molar-refractivity contribution is -0.0644. The van der Waals surface area contributed by atoms with Crippen LogP contribution >= 0.6 is 0 Å². The van der Waals surface area contributed by atoms with Gasteiger partial charge in [0.1, 0.15) is 0 Å². The molecule has 2 aliphatic rings. The Kier molecular flexibility index (Phi) is 4.06. The summed E-state index contributed by atoms with van der Waals surface area (Å²) in [4.78, 5) is 0. The van der Waals surface area contributed by atoms with Crippen LogP contribution in [0.2, 0.25) is 0 Å². The van der Waals surface area contributed by atoms with Crippen molar-refractivity contribution in [2.75, 3.05) is 13.2 Å². The van der Waals surface area contributed by atoms with E-state index in [4.69, 9.17) is 4.74 Å². The van der Waals surface area contributed by atoms with Crippen molar-refractivity contribution < 1.29 is 9.84 Å². The SMILES string of the molecule is CC1CCCC(C(O)C2(C#N)CCOCC2)C1. The summed E-state index contributed by atoms with van der Waals surface area (Å²) in [6, 6.07) is 2.40. The molecule has 1 saturated heterocycles. The van der Waals surface area contributed by atoms with Crippen molar-refractivity contribution in [3.63, 3.8) is 0 Å². The monoisotopic (exact) mass is 237 g/mol. The van der Waals surface area contributed by atoms with E-state index in [1.54, 1.807) is 0 Å². The third-order valence-corrected chi connectivity index (χ3v) is 4.60. The molecule has 0 aromatic carbocycles. The van der Waals surface area contributed by atoms with Crippen LogP contribution in [-0.2, 0) is 4.74 Å². The fraction of sp³-hybridized carbons (Fsp3) is 0.929. The highest BCUT2D eigenvalue weighted by Crippen LogP contribution is 2.42. The van der Waals surface area contributed by atoms with Gasteiger partial charge in [0, 0.05) is 13.2 Å². The first-order chi connectivity index (χ1) is 8.18. The van der Waals surface area contributed by atoms with Crippen molar-refractivity contribution in [3.05, 3.63) is 0 Å². The zero-order valence-electron chi connectivity index (χ0n) is 10.7. The van der Waals surface area contributed by atoms with Crippen molar-refractivity contribution in [2.45, 2.75) is 51.6 Å². The second-order valence-corrected chi connectivity index (χ2v) is 5.86. The Morgan fingerprint density at radius 2 is 2.06 bits per heavy atom. The third kappa shape index (κ3) is 2.64. The van der Waals surface area contributed by atoms with Crippen LogP contribution in [0.15, 0.2) is 0 Å². The minimum absolute atomic E-state index is 0.316. The Morgan fingerprint density at radius 3 is 2.65 bits per heavy atom. The molecule has 1 saturated carbocycles. The smallest absolute Gasteiger partial charge is 0.0878 e. The highest BCUT2D eigenvalue weighted by Gasteiger charge is 2.44. The summed E-state index contributed by atoms with van der Waals surface area (Å²) in [5, 5.41) is 20.0. The van der Waals surface area contributed by atoms with Gasteiger partial charge in [-0.1, -0.05) is 19.8 Å². The Morgan fingerprint density at radius 1 is 1.35 bits per heavy atom. The third-order valence-electron chi connectivity index (χ3n) is 4.60. The van der Waals surface area contributed by atoms with Gasteiger partial charge in [0.05, 0.1) is 17.6 Å². The van der Waals surface area contributed by atoms with Crippen LogP contribution in [0.1, 0.15) is 45.4 Å². The van der Waals surface area contributed by atoms with E-state index < -0.39 is 11.5 Å². The molecule has 1 aliphatic carbocycles. The molecular weight excluding hydrogens is 214 g/mol. The second kappa shape index (κ2) is 5.37. The van der Waals surface area contributed by atoms with Gasteiger partial charge >= 0.3 is 0 Å². The number of rotatable bonds is 2. The molecule has 2 rings (SSSR count). The van der Waals surface area contributed by atoms with Gasteiger partial charge in [-0.2, -0.15) is 5.26 Å². The predicted molar refractivity (Wildman–Crippen MR) is 65.2 cm³/mol. The molecule has 0 aromatic rings. The number of nitriles is 1. The molecule has 1 aliphatic heterocycles. The van der Waals surface area contributed by atoms with Gasteiger partial charge in [0.2, 0.25) is 0 Å². The largest absolute Gasteiger partial charge is 0.391 e. The van der Waals surface area contributed by atoms with Crippen molar-refractivity contribution in [1.29, 1.82) is 5.26 Å². The van der Waals surface area contributed by atoms with E-state index in [1.807, 2.05) is 0 Å². The molecule has 3 heteroatoms. The highest BCUT2D eigenvalue weighted by molar-refractivity contribution is 5.06. The number of ether oxygens (including phenoxy) is 1. The van der Waals surface area contributed by atoms with Gasteiger partial charge in [0.25, 0.3) is 0 Å². The average Bonchev–Trinajstić information content (AvgIpc) is 2.38. The van der Waals surface area contributed by atoms with E-state index in [1.165, 1.54) is 12.8 Å². The van der Waals surface area contributed by atoms with Crippen LogP contribution in [-0.4, -0.2) is 24.4 Å². The van der Waals surface area contributed by atoms with Crippen molar-refractivity contribution in [2.24, 2.45) is 17.3 Å². The number of nitrogens with zero attached hydrogens (tertiary/aromatic N) is 1. The number of hydrogen-bond acceptors (Lipinski definition) is 3. The standard InChI is InChI=1S/C14H23NO2/c1-11-3-2-4-12(9-11)13(16)14(10-15)5-7-17-8-6-14/h11-13,16H,2-9H2,1H3. The molecule has 1 heterocycles. The normalized spacial score (nSPS) is 34.9. The summed E-state index contributed by atoms with van der Waals surface area (Å²) >= 11 is 0. The maximum atomic E-state index is 10.6. The minimum atomic E-state index is -0.542. The van der Waals surface area contributed by atoms with Gasteiger partial charge in [-0.05, 0) is 37.5 Å². The summed E-state index contributed by atoms with van der Waals surface area (Å²) in [6.45, 7) is 3.49. The summed E-state index contributed by atoms with van der Waals surface area (Å²) in [7, 11) is 0. The fourth-order valence-corrected chi connectivity index (χ4v) is 3.43. The van der Waals surface area contributed by atoms with E-state index in [9.17, 15) is 10.4 Å². The lowest BCUT2D eigenvalue weighted by Crippen LogP contribution is -2.44. The van der Waals surface area contributed by atoms with Crippen molar-refractivity contribution in [3.8, 4) is 6.07 Å². The molecule has 1 N–H and O–H groups in total. The zero-order valence-corrected chi connectivity index (χ0v) is 10.7. The summed E-state index contributed by atoms with van der Waals surface area (Å²) in [6.07, 6.45) is 5.54. The molecule has 0 spiro atoms.